The van der Waals surface area contributed by atoms with Crippen LogP contribution < -0.4 is 14.2 Å². The highest BCUT2D eigenvalue weighted by Gasteiger charge is 2.26. The number of halogens is 1. The standard InChI is InChI=1S/C22H26N2O4.ClH/c1-26-19-11-6-12-20(27-2)21(19)28-14-16(25)13-24-18-10-4-3-9-17(18)23-22(24)15-7-5-8-15;/h3-4,6,9-12,15-16,25H,5,7-8,13-14H2,1-2H3;1H. The lowest BCUT2D eigenvalue weighted by Gasteiger charge is -2.26. The molecule has 1 N–H and O–H groups in total. The molecule has 0 bridgehead atoms. The summed E-state index contributed by atoms with van der Waals surface area (Å²) in [7, 11) is 3.17. The fraction of sp³-hybridized carbons (Fsp3) is 0.409. The maximum atomic E-state index is 10.7. The summed E-state index contributed by atoms with van der Waals surface area (Å²) in [5, 5.41) is 10.7. The lowest BCUT2D eigenvalue weighted by atomic mass is 9.85. The third-order valence-electron chi connectivity index (χ3n) is 5.35. The van der Waals surface area contributed by atoms with E-state index in [9.17, 15) is 5.11 Å². The topological polar surface area (TPSA) is 65.7 Å². The van der Waals surface area contributed by atoms with Crippen LogP contribution in [0.25, 0.3) is 11.0 Å². The van der Waals surface area contributed by atoms with Gasteiger partial charge in [-0.1, -0.05) is 24.6 Å². The smallest absolute Gasteiger partial charge is 0.203 e. The van der Waals surface area contributed by atoms with E-state index in [0.29, 0.717) is 29.7 Å². The quantitative estimate of drug-likeness (QED) is 0.594. The van der Waals surface area contributed by atoms with Crippen LogP contribution in [-0.4, -0.2) is 41.6 Å². The Balaban J connectivity index is 0.00000240. The van der Waals surface area contributed by atoms with Crippen LogP contribution in [0.15, 0.2) is 42.5 Å². The molecule has 0 aliphatic heterocycles. The zero-order valence-corrected chi connectivity index (χ0v) is 17.5. The molecule has 1 atom stereocenters. The van der Waals surface area contributed by atoms with Gasteiger partial charge in [-0.15, -0.1) is 12.4 Å². The Kier molecular flexibility index (Phi) is 6.87. The number of imidazole rings is 1. The molecule has 2 aromatic carbocycles. The molecule has 29 heavy (non-hydrogen) atoms. The van der Waals surface area contributed by atoms with E-state index in [1.807, 2.05) is 36.4 Å². The molecule has 0 radical (unpaired) electrons. The van der Waals surface area contributed by atoms with E-state index in [0.717, 1.165) is 29.7 Å². The maximum absolute atomic E-state index is 10.7. The molecule has 1 saturated carbocycles. The summed E-state index contributed by atoms with van der Waals surface area (Å²) in [6, 6.07) is 13.5. The van der Waals surface area contributed by atoms with E-state index in [1.54, 1.807) is 14.2 Å². The van der Waals surface area contributed by atoms with Crippen LogP contribution in [0, 0.1) is 0 Å². The third kappa shape index (κ3) is 4.28. The minimum absolute atomic E-state index is 0. The second-order valence-corrected chi connectivity index (χ2v) is 7.15. The Labute approximate surface area is 176 Å². The minimum atomic E-state index is -0.689. The van der Waals surface area contributed by atoms with Crippen LogP contribution in [0.4, 0.5) is 0 Å². The molecule has 0 amide bonds. The van der Waals surface area contributed by atoms with Crippen LogP contribution in [-0.2, 0) is 6.54 Å². The van der Waals surface area contributed by atoms with Crippen molar-refractivity contribution in [2.24, 2.45) is 0 Å². The normalized spacial score (nSPS) is 14.7. The van der Waals surface area contributed by atoms with Crippen LogP contribution in [0.2, 0.25) is 0 Å². The van der Waals surface area contributed by atoms with Crippen molar-refractivity contribution in [1.82, 2.24) is 9.55 Å². The predicted molar refractivity (Wildman–Crippen MR) is 115 cm³/mol. The second kappa shape index (κ2) is 9.37. The van der Waals surface area contributed by atoms with Gasteiger partial charge in [0.25, 0.3) is 0 Å². The van der Waals surface area contributed by atoms with Crippen molar-refractivity contribution in [3.8, 4) is 17.2 Å². The monoisotopic (exact) mass is 418 g/mol. The highest BCUT2D eigenvalue weighted by Crippen LogP contribution is 2.38. The number of para-hydroxylation sites is 3. The van der Waals surface area contributed by atoms with E-state index in [-0.39, 0.29) is 19.0 Å². The second-order valence-electron chi connectivity index (χ2n) is 7.15. The van der Waals surface area contributed by atoms with Crippen molar-refractivity contribution in [1.29, 1.82) is 0 Å². The third-order valence-corrected chi connectivity index (χ3v) is 5.35. The number of aromatic nitrogens is 2. The fourth-order valence-corrected chi connectivity index (χ4v) is 3.67. The number of hydrogen-bond acceptors (Lipinski definition) is 5. The SMILES string of the molecule is COc1cccc(OC)c1OCC(O)Cn1c(C2CCC2)nc2ccccc21.Cl. The van der Waals surface area contributed by atoms with Gasteiger partial charge in [-0.2, -0.15) is 0 Å². The number of rotatable bonds is 8. The Morgan fingerprint density at radius 3 is 2.38 bits per heavy atom. The Hall–Kier alpha value is -2.44. The first-order valence-corrected chi connectivity index (χ1v) is 9.68. The van der Waals surface area contributed by atoms with E-state index in [4.69, 9.17) is 19.2 Å². The number of aliphatic hydroxyl groups is 1. The van der Waals surface area contributed by atoms with Crippen LogP contribution in [0.1, 0.15) is 31.0 Å². The predicted octanol–water partition coefficient (Wildman–Crippen LogP) is 4.18. The Bertz CT molecular complexity index is 933. The molecule has 1 unspecified atom stereocenters. The number of benzene rings is 2. The molecule has 0 saturated heterocycles. The lowest BCUT2D eigenvalue weighted by molar-refractivity contribution is 0.0889. The van der Waals surface area contributed by atoms with Crippen molar-refractivity contribution in [3.63, 3.8) is 0 Å². The zero-order chi connectivity index (χ0) is 19.5. The molecule has 1 heterocycles. The van der Waals surface area contributed by atoms with Crippen molar-refractivity contribution >= 4 is 23.4 Å². The van der Waals surface area contributed by atoms with Gasteiger partial charge in [-0.25, -0.2) is 4.98 Å². The molecule has 1 aromatic heterocycles. The Morgan fingerprint density at radius 2 is 1.76 bits per heavy atom. The first-order chi connectivity index (χ1) is 13.7. The molecule has 4 rings (SSSR count). The van der Waals surface area contributed by atoms with Gasteiger partial charge in [-0.3, -0.25) is 0 Å². The summed E-state index contributed by atoms with van der Waals surface area (Å²) in [4.78, 5) is 4.83. The molecule has 3 aromatic rings. The fourth-order valence-electron chi connectivity index (χ4n) is 3.67. The molecule has 1 fully saturated rings. The number of aliphatic hydroxyl groups excluding tert-OH is 1. The highest BCUT2D eigenvalue weighted by atomic mass is 35.5. The summed E-state index contributed by atoms with van der Waals surface area (Å²) in [5.74, 6) is 3.21. The van der Waals surface area contributed by atoms with E-state index in [2.05, 4.69) is 10.6 Å². The zero-order valence-electron chi connectivity index (χ0n) is 16.7. The lowest BCUT2D eigenvalue weighted by Crippen LogP contribution is -2.26. The first kappa shape index (κ1) is 21.3. The molecule has 7 heteroatoms. The number of nitrogens with zero attached hydrogens (tertiary/aromatic N) is 2. The molecule has 1 aliphatic rings. The van der Waals surface area contributed by atoms with E-state index < -0.39 is 6.10 Å². The summed E-state index contributed by atoms with van der Waals surface area (Å²) >= 11 is 0. The minimum Gasteiger partial charge on any atom is -0.493 e. The molecular formula is C22H27ClN2O4. The largest absolute Gasteiger partial charge is 0.493 e. The van der Waals surface area contributed by atoms with Gasteiger partial charge in [0.05, 0.1) is 31.8 Å². The van der Waals surface area contributed by atoms with Crippen molar-refractivity contribution in [2.45, 2.75) is 37.8 Å². The molecular weight excluding hydrogens is 392 g/mol. The van der Waals surface area contributed by atoms with Gasteiger partial charge < -0.3 is 23.9 Å². The molecule has 156 valence electrons. The molecule has 0 spiro atoms. The van der Waals surface area contributed by atoms with Gasteiger partial charge >= 0.3 is 0 Å². The summed E-state index contributed by atoms with van der Waals surface area (Å²) in [6.45, 7) is 0.567. The highest BCUT2D eigenvalue weighted by molar-refractivity contribution is 5.85. The average Bonchev–Trinajstić information content (AvgIpc) is 3.02. The van der Waals surface area contributed by atoms with Crippen molar-refractivity contribution in [2.75, 3.05) is 20.8 Å². The summed E-state index contributed by atoms with van der Waals surface area (Å²) in [6.07, 6.45) is 2.88. The van der Waals surface area contributed by atoms with Crippen LogP contribution in [0.3, 0.4) is 0 Å². The number of ether oxygens (including phenoxy) is 3. The van der Waals surface area contributed by atoms with Gasteiger partial charge in [-0.05, 0) is 37.1 Å². The molecule has 1 aliphatic carbocycles. The van der Waals surface area contributed by atoms with E-state index in [1.165, 1.54) is 6.42 Å². The Morgan fingerprint density at radius 1 is 1.07 bits per heavy atom. The van der Waals surface area contributed by atoms with Crippen molar-refractivity contribution < 1.29 is 19.3 Å². The summed E-state index contributed by atoms with van der Waals surface area (Å²) < 4.78 is 18.7. The number of fused-ring (bicyclic) bond motifs is 1. The average molecular weight is 419 g/mol. The number of methoxy groups -OCH3 is 2. The van der Waals surface area contributed by atoms with Gasteiger partial charge in [0.15, 0.2) is 11.5 Å². The first-order valence-electron chi connectivity index (χ1n) is 9.68. The van der Waals surface area contributed by atoms with Crippen LogP contribution >= 0.6 is 12.4 Å². The maximum Gasteiger partial charge on any atom is 0.203 e. The van der Waals surface area contributed by atoms with Crippen LogP contribution in [0.5, 0.6) is 17.2 Å². The van der Waals surface area contributed by atoms with E-state index >= 15 is 0 Å². The van der Waals surface area contributed by atoms with Gasteiger partial charge in [0, 0.05) is 5.92 Å². The van der Waals surface area contributed by atoms with Gasteiger partial charge in [0.2, 0.25) is 5.75 Å². The van der Waals surface area contributed by atoms with Crippen molar-refractivity contribution in [3.05, 3.63) is 48.3 Å². The summed E-state index contributed by atoms with van der Waals surface area (Å²) in [5.41, 5.74) is 2.03. The van der Waals surface area contributed by atoms with Gasteiger partial charge in [0.1, 0.15) is 18.5 Å². The number of hydrogen-bond donors (Lipinski definition) is 1. The molecule has 6 nitrogen and oxygen atoms in total.